The van der Waals surface area contributed by atoms with Crippen molar-refractivity contribution in [1.82, 2.24) is 14.9 Å². The summed E-state index contributed by atoms with van der Waals surface area (Å²) in [6, 6.07) is 0. The van der Waals surface area contributed by atoms with Crippen LogP contribution in [0.1, 0.15) is 27.2 Å². The monoisotopic (exact) mass is 276 g/mol. The predicted octanol–water partition coefficient (Wildman–Crippen LogP) is 0.0673. The van der Waals surface area contributed by atoms with E-state index in [4.69, 9.17) is 5.73 Å². The van der Waals surface area contributed by atoms with E-state index in [1.54, 1.807) is 0 Å². The first-order chi connectivity index (χ1) is 8.12. The van der Waals surface area contributed by atoms with E-state index in [2.05, 4.69) is 14.9 Å². The molecule has 8 heteroatoms. The smallest absolute Gasteiger partial charge is 0.245 e. The van der Waals surface area contributed by atoms with Gasteiger partial charge in [-0.2, -0.15) is 5.10 Å². The molecule has 1 aromatic rings. The zero-order chi connectivity index (χ0) is 14.0. The van der Waals surface area contributed by atoms with Gasteiger partial charge in [-0.15, -0.1) is 0 Å². The number of aliphatic hydroxyl groups is 1. The molecule has 0 radical (unpaired) electrons. The normalized spacial score (nSPS) is 14.7. The van der Waals surface area contributed by atoms with Crippen LogP contribution in [0.25, 0.3) is 0 Å². The van der Waals surface area contributed by atoms with Crippen molar-refractivity contribution in [3.05, 3.63) is 6.20 Å². The molecule has 0 aliphatic heterocycles. The number of aromatic nitrogens is 2. The minimum Gasteiger partial charge on any atom is -0.392 e. The van der Waals surface area contributed by atoms with E-state index < -0.39 is 16.1 Å². The van der Waals surface area contributed by atoms with Gasteiger partial charge >= 0.3 is 0 Å². The van der Waals surface area contributed by atoms with Gasteiger partial charge in [0.2, 0.25) is 10.0 Å². The maximum absolute atomic E-state index is 11.8. The zero-order valence-electron chi connectivity index (χ0n) is 10.8. The highest BCUT2D eigenvalue weighted by Gasteiger charge is 2.22. The molecule has 0 aromatic carbocycles. The maximum atomic E-state index is 11.8. The Morgan fingerprint density at radius 1 is 1.56 bits per heavy atom. The SMILES string of the molecule is CC(C)(C)CC(O)CNS(=O)(=O)c1cn[nH]c1N. The molecular formula is C10H20N4O3S. The Morgan fingerprint density at radius 3 is 2.61 bits per heavy atom. The van der Waals surface area contributed by atoms with Crippen LogP contribution in [0.4, 0.5) is 5.82 Å². The summed E-state index contributed by atoms with van der Waals surface area (Å²) in [7, 11) is -3.73. The first-order valence-electron chi connectivity index (χ1n) is 5.58. The summed E-state index contributed by atoms with van der Waals surface area (Å²) in [6.45, 7) is 5.86. The van der Waals surface area contributed by atoms with Crippen LogP contribution in [0.15, 0.2) is 11.1 Å². The van der Waals surface area contributed by atoms with Crippen LogP contribution >= 0.6 is 0 Å². The van der Waals surface area contributed by atoms with E-state index in [0.29, 0.717) is 6.42 Å². The van der Waals surface area contributed by atoms with Crippen molar-refractivity contribution in [2.24, 2.45) is 5.41 Å². The largest absolute Gasteiger partial charge is 0.392 e. The summed E-state index contributed by atoms with van der Waals surface area (Å²) in [5, 5.41) is 15.6. The Bertz CT molecular complexity index is 489. The second-order valence-corrected chi connectivity index (χ2v) is 7.15. The first kappa shape index (κ1) is 14.9. The molecule has 1 rings (SSSR count). The van der Waals surface area contributed by atoms with Crippen LogP contribution in [0.5, 0.6) is 0 Å². The second-order valence-electron chi connectivity index (χ2n) is 5.42. The van der Waals surface area contributed by atoms with Gasteiger partial charge in [0.05, 0.1) is 12.3 Å². The third kappa shape index (κ3) is 4.28. The van der Waals surface area contributed by atoms with Gasteiger partial charge in [0.25, 0.3) is 0 Å². The molecule has 0 spiro atoms. The van der Waals surface area contributed by atoms with Gasteiger partial charge < -0.3 is 10.8 Å². The maximum Gasteiger partial charge on any atom is 0.245 e. The summed E-state index contributed by atoms with van der Waals surface area (Å²) in [4.78, 5) is -0.106. The number of anilines is 1. The van der Waals surface area contributed by atoms with Crippen LogP contribution in [0.3, 0.4) is 0 Å². The Kier molecular flexibility index (Phi) is 4.36. The van der Waals surface area contributed by atoms with Gasteiger partial charge in [-0.1, -0.05) is 20.8 Å². The molecule has 0 saturated carbocycles. The number of H-pyrrole nitrogens is 1. The van der Waals surface area contributed by atoms with Crippen LogP contribution in [0.2, 0.25) is 0 Å². The van der Waals surface area contributed by atoms with Gasteiger partial charge in [-0.05, 0) is 11.8 Å². The minimum absolute atomic E-state index is 0.0205. The van der Waals surface area contributed by atoms with Crippen LogP contribution < -0.4 is 10.5 Å². The molecule has 5 N–H and O–H groups in total. The zero-order valence-corrected chi connectivity index (χ0v) is 11.6. The lowest BCUT2D eigenvalue weighted by atomic mass is 9.89. The topological polar surface area (TPSA) is 121 Å². The van der Waals surface area contributed by atoms with E-state index in [1.165, 1.54) is 0 Å². The summed E-state index contributed by atoms with van der Waals surface area (Å²) in [5.41, 5.74) is 5.37. The average molecular weight is 276 g/mol. The highest BCUT2D eigenvalue weighted by molar-refractivity contribution is 7.89. The number of nitrogens with two attached hydrogens (primary N) is 1. The molecule has 104 valence electrons. The molecule has 0 amide bonds. The van der Waals surface area contributed by atoms with Crippen molar-refractivity contribution in [1.29, 1.82) is 0 Å². The number of rotatable bonds is 5. The quantitative estimate of drug-likeness (QED) is 0.606. The highest BCUT2D eigenvalue weighted by atomic mass is 32.2. The number of nitrogen functional groups attached to an aromatic ring is 1. The molecule has 1 heterocycles. The molecule has 0 fully saturated rings. The molecule has 0 bridgehead atoms. The molecule has 7 nitrogen and oxygen atoms in total. The van der Waals surface area contributed by atoms with Gasteiger partial charge in [0.1, 0.15) is 10.7 Å². The van der Waals surface area contributed by atoms with Gasteiger partial charge in [-0.25, -0.2) is 13.1 Å². The number of aromatic amines is 1. The van der Waals surface area contributed by atoms with Crippen LogP contribution in [0, 0.1) is 5.41 Å². The first-order valence-corrected chi connectivity index (χ1v) is 7.07. The fraction of sp³-hybridized carbons (Fsp3) is 0.700. The Balaban J connectivity index is 2.61. The fourth-order valence-corrected chi connectivity index (χ4v) is 2.66. The standard InChI is InChI=1S/C10H20N4O3S/c1-10(2,3)4-7(15)5-13-18(16,17)8-6-12-14-9(8)11/h6-7,13,15H,4-5H2,1-3H3,(H3,11,12,14). The highest BCUT2D eigenvalue weighted by Crippen LogP contribution is 2.21. The van der Waals surface area contributed by atoms with E-state index in [1.807, 2.05) is 20.8 Å². The molecule has 0 saturated heterocycles. The number of nitrogens with zero attached hydrogens (tertiary/aromatic N) is 1. The molecule has 18 heavy (non-hydrogen) atoms. The number of sulfonamides is 1. The van der Waals surface area contributed by atoms with Crippen LogP contribution in [-0.2, 0) is 10.0 Å². The van der Waals surface area contributed by atoms with Gasteiger partial charge in [0, 0.05) is 6.54 Å². The molecule has 0 aliphatic carbocycles. The molecule has 1 unspecified atom stereocenters. The van der Waals surface area contributed by atoms with E-state index >= 15 is 0 Å². The number of hydrogen-bond donors (Lipinski definition) is 4. The van der Waals surface area contributed by atoms with E-state index in [-0.39, 0.29) is 22.7 Å². The van der Waals surface area contributed by atoms with Crippen molar-refractivity contribution in [2.45, 2.75) is 38.2 Å². The van der Waals surface area contributed by atoms with Crippen LogP contribution in [-0.4, -0.2) is 36.4 Å². The fourth-order valence-electron chi connectivity index (χ4n) is 1.56. The Morgan fingerprint density at radius 2 is 2.17 bits per heavy atom. The minimum atomic E-state index is -3.73. The molecule has 1 atom stereocenters. The van der Waals surface area contributed by atoms with Gasteiger partial charge in [-0.3, -0.25) is 5.10 Å². The van der Waals surface area contributed by atoms with E-state index in [9.17, 15) is 13.5 Å². The lowest BCUT2D eigenvalue weighted by Gasteiger charge is -2.22. The van der Waals surface area contributed by atoms with Crippen molar-refractivity contribution in [3.8, 4) is 0 Å². The lowest BCUT2D eigenvalue weighted by Crippen LogP contribution is -2.34. The van der Waals surface area contributed by atoms with Crippen molar-refractivity contribution in [3.63, 3.8) is 0 Å². The molecular weight excluding hydrogens is 256 g/mol. The number of aliphatic hydroxyl groups excluding tert-OH is 1. The van der Waals surface area contributed by atoms with Crippen molar-refractivity contribution in [2.75, 3.05) is 12.3 Å². The third-order valence-electron chi connectivity index (χ3n) is 2.28. The third-order valence-corrected chi connectivity index (χ3v) is 3.73. The summed E-state index contributed by atoms with van der Waals surface area (Å²) in [5.74, 6) is -0.0205. The van der Waals surface area contributed by atoms with E-state index in [0.717, 1.165) is 6.20 Å². The summed E-state index contributed by atoms with van der Waals surface area (Å²) >= 11 is 0. The number of hydrogen-bond acceptors (Lipinski definition) is 5. The Hall–Kier alpha value is -1.12. The average Bonchev–Trinajstić information content (AvgIpc) is 2.60. The summed E-state index contributed by atoms with van der Waals surface area (Å²) in [6.07, 6.45) is 0.886. The molecule has 0 aliphatic rings. The van der Waals surface area contributed by atoms with Gasteiger partial charge in [0.15, 0.2) is 0 Å². The predicted molar refractivity (Wildman–Crippen MR) is 68.3 cm³/mol. The molecule has 1 aromatic heterocycles. The summed E-state index contributed by atoms with van der Waals surface area (Å²) < 4.78 is 26.0. The lowest BCUT2D eigenvalue weighted by molar-refractivity contribution is 0.125. The number of nitrogens with one attached hydrogen (secondary N) is 2. The van der Waals surface area contributed by atoms with Crippen molar-refractivity contribution < 1.29 is 13.5 Å². The Labute approximate surface area is 107 Å². The second kappa shape index (κ2) is 5.25. The van der Waals surface area contributed by atoms with Crippen molar-refractivity contribution >= 4 is 15.8 Å².